The van der Waals surface area contributed by atoms with E-state index in [-0.39, 0.29) is 11.7 Å². The number of amides is 1. The summed E-state index contributed by atoms with van der Waals surface area (Å²) in [6, 6.07) is 14.6. The minimum absolute atomic E-state index is 0.127. The van der Waals surface area contributed by atoms with E-state index < -0.39 is 5.66 Å². The van der Waals surface area contributed by atoms with Crippen LogP contribution in [0.15, 0.2) is 53.0 Å². The van der Waals surface area contributed by atoms with Crippen LogP contribution in [0, 0.1) is 0 Å². The van der Waals surface area contributed by atoms with E-state index >= 15 is 0 Å². The van der Waals surface area contributed by atoms with Gasteiger partial charge in [0.05, 0.1) is 5.56 Å². The van der Waals surface area contributed by atoms with E-state index in [0.29, 0.717) is 16.9 Å². The van der Waals surface area contributed by atoms with Gasteiger partial charge in [0.15, 0.2) is 11.4 Å². The summed E-state index contributed by atoms with van der Waals surface area (Å²) < 4.78 is 0.915. The SMILES string of the molecule is CC(=O)C1(C)Nc2ccccc2C(=O)N1c1ccc(Br)cc1. The minimum Gasteiger partial charge on any atom is -0.356 e. The van der Waals surface area contributed by atoms with Gasteiger partial charge in [-0.2, -0.15) is 0 Å². The number of nitrogens with one attached hydrogen (secondary N) is 1. The summed E-state index contributed by atoms with van der Waals surface area (Å²) in [6.45, 7) is 3.21. The second-order valence-corrected chi connectivity index (χ2v) is 6.33. The first-order valence-corrected chi connectivity index (χ1v) is 7.71. The van der Waals surface area contributed by atoms with Crippen LogP contribution >= 0.6 is 15.9 Å². The summed E-state index contributed by atoms with van der Waals surface area (Å²) in [7, 11) is 0. The molecule has 22 heavy (non-hydrogen) atoms. The topological polar surface area (TPSA) is 49.4 Å². The fraction of sp³-hybridized carbons (Fsp3) is 0.176. The Balaban J connectivity index is 2.19. The molecular formula is C17H15BrN2O2. The Labute approximate surface area is 137 Å². The Hall–Kier alpha value is -2.14. The predicted molar refractivity (Wildman–Crippen MR) is 90.1 cm³/mol. The van der Waals surface area contributed by atoms with Crippen LogP contribution in [-0.4, -0.2) is 17.4 Å². The van der Waals surface area contributed by atoms with Gasteiger partial charge in [-0.15, -0.1) is 0 Å². The maximum absolute atomic E-state index is 12.9. The monoisotopic (exact) mass is 358 g/mol. The Morgan fingerprint density at radius 3 is 2.41 bits per heavy atom. The van der Waals surface area contributed by atoms with E-state index in [1.54, 1.807) is 13.0 Å². The largest absolute Gasteiger partial charge is 0.356 e. The van der Waals surface area contributed by atoms with Gasteiger partial charge in [-0.25, -0.2) is 0 Å². The van der Waals surface area contributed by atoms with E-state index in [4.69, 9.17) is 0 Å². The van der Waals surface area contributed by atoms with Crippen molar-refractivity contribution >= 4 is 39.0 Å². The summed E-state index contributed by atoms with van der Waals surface area (Å²) in [6.07, 6.45) is 0. The fourth-order valence-electron chi connectivity index (χ4n) is 2.63. The molecule has 1 N–H and O–H groups in total. The molecule has 0 radical (unpaired) electrons. The number of fused-ring (bicyclic) bond motifs is 1. The van der Waals surface area contributed by atoms with Crippen LogP contribution < -0.4 is 10.2 Å². The molecule has 0 aromatic heterocycles. The van der Waals surface area contributed by atoms with Gasteiger partial charge in [0.2, 0.25) is 0 Å². The zero-order valence-corrected chi connectivity index (χ0v) is 13.8. The highest BCUT2D eigenvalue weighted by atomic mass is 79.9. The van der Waals surface area contributed by atoms with Gasteiger partial charge in [-0.1, -0.05) is 28.1 Å². The van der Waals surface area contributed by atoms with Crippen molar-refractivity contribution in [2.24, 2.45) is 0 Å². The highest BCUT2D eigenvalue weighted by Crippen LogP contribution is 2.35. The number of nitrogens with zero attached hydrogens (tertiary/aromatic N) is 1. The maximum atomic E-state index is 12.9. The molecule has 112 valence electrons. The summed E-state index contributed by atoms with van der Waals surface area (Å²) in [5.41, 5.74) is 0.801. The van der Waals surface area contributed by atoms with Crippen molar-refractivity contribution in [2.45, 2.75) is 19.5 Å². The maximum Gasteiger partial charge on any atom is 0.262 e. The second kappa shape index (κ2) is 5.25. The lowest BCUT2D eigenvalue weighted by Crippen LogP contribution is -2.62. The molecule has 1 aliphatic heterocycles. The van der Waals surface area contributed by atoms with Crippen molar-refractivity contribution in [2.75, 3.05) is 10.2 Å². The number of hydrogen-bond acceptors (Lipinski definition) is 3. The summed E-state index contributed by atoms with van der Waals surface area (Å²) >= 11 is 3.38. The molecule has 5 heteroatoms. The van der Waals surface area contributed by atoms with E-state index in [1.165, 1.54) is 11.8 Å². The lowest BCUT2D eigenvalue weighted by atomic mass is 9.96. The normalized spacial score (nSPS) is 20.3. The van der Waals surface area contributed by atoms with Gasteiger partial charge in [0.1, 0.15) is 0 Å². The van der Waals surface area contributed by atoms with Crippen LogP contribution in [0.5, 0.6) is 0 Å². The molecule has 0 bridgehead atoms. The average Bonchev–Trinajstić information content (AvgIpc) is 2.49. The number of ketones is 1. The van der Waals surface area contributed by atoms with Crippen molar-refractivity contribution < 1.29 is 9.59 Å². The number of carbonyl (C=O) groups excluding carboxylic acids is 2. The molecule has 0 spiro atoms. The molecule has 2 aromatic carbocycles. The third-order valence-corrected chi connectivity index (χ3v) is 4.48. The highest BCUT2D eigenvalue weighted by molar-refractivity contribution is 9.10. The number of carbonyl (C=O) groups is 2. The van der Waals surface area contributed by atoms with Crippen LogP contribution in [0.2, 0.25) is 0 Å². The van der Waals surface area contributed by atoms with Gasteiger partial charge in [-0.3, -0.25) is 14.5 Å². The zero-order valence-electron chi connectivity index (χ0n) is 12.3. The van der Waals surface area contributed by atoms with Gasteiger partial charge in [0.25, 0.3) is 5.91 Å². The van der Waals surface area contributed by atoms with Crippen LogP contribution in [0.1, 0.15) is 24.2 Å². The van der Waals surface area contributed by atoms with E-state index in [1.807, 2.05) is 42.5 Å². The van der Waals surface area contributed by atoms with E-state index in [9.17, 15) is 9.59 Å². The molecule has 0 saturated carbocycles. The fourth-order valence-corrected chi connectivity index (χ4v) is 2.90. The summed E-state index contributed by atoms with van der Waals surface area (Å²) in [5.74, 6) is -0.312. The van der Waals surface area contributed by atoms with E-state index in [2.05, 4.69) is 21.2 Å². The van der Waals surface area contributed by atoms with Gasteiger partial charge in [-0.05, 0) is 50.2 Å². The number of rotatable bonds is 2. The first-order chi connectivity index (χ1) is 10.4. The lowest BCUT2D eigenvalue weighted by Gasteiger charge is -2.44. The van der Waals surface area contributed by atoms with Crippen LogP contribution in [0.3, 0.4) is 0 Å². The van der Waals surface area contributed by atoms with Crippen molar-refractivity contribution in [3.05, 3.63) is 58.6 Å². The molecule has 1 unspecified atom stereocenters. The van der Waals surface area contributed by atoms with Crippen molar-refractivity contribution in [1.82, 2.24) is 0 Å². The zero-order chi connectivity index (χ0) is 15.9. The quantitative estimate of drug-likeness (QED) is 0.887. The Morgan fingerprint density at radius 1 is 1.14 bits per heavy atom. The summed E-state index contributed by atoms with van der Waals surface area (Å²) in [4.78, 5) is 26.7. The van der Waals surface area contributed by atoms with Crippen LogP contribution in [-0.2, 0) is 4.79 Å². The van der Waals surface area contributed by atoms with Gasteiger partial charge >= 0.3 is 0 Å². The van der Waals surface area contributed by atoms with Crippen molar-refractivity contribution in [3.8, 4) is 0 Å². The first kappa shape index (κ1) is 14.8. The number of Topliss-reactive ketones (excluding diaryl/α,β-unsaturated/α-hetero) is 1. The first-order valence-electron chi connectivity index (χ1n) is 6.92. The van der Waals surface area contributed by atoms with Gasteiger partial charge < -0.3 is 5.32 Å². The Morgan fingerprint density at radius 2 is 1.77 bits per heavy atom. The highest BCUT2D eigenvalue weighted by Gasteiger charge is 2.45. The third kappa shape index (κ3) is 2.22. The number of para-hydroxylation sites is 1. The van der Waals surface area contributed by atoms with Crippen molar-refractivity contribution in [1.29, 1.82) is 0 Å². The Bertz CT molecular complexity index is 758. The molecule has 4 nitrogen and oxygen atoms in total. The number of anilines is 2. The lowest BCUT2D eigenvalue weighted by molar-refractivity contribution is -0.120. The van der Waals surface area contributed by atoms with Gasteiger partial charge in [0, 0.05) is 15.8 Å². The molecule has 0 fully saturated rings. The summed E-state index contributed by atoms with van der Waals surface area (Å²) in [5, 5.41) is 3.21. The second-order valence-electron chi connectivity index (χ2n) is 5.42. The molecule has 1 heterocycles. The molecule has 1 atom stereocenters. The molecule has 0 saturated heterocycles. The van der Waals surface area contributed by atoms with Crippen molar-refractivity contribution in [3.63, 3.8) is 0 Å². The average molecular weight is 359 g/mol. The number of halogens is 1. The molecule has 0 aliphatic carbocycles. The number of hydrogen-bond donors (Lipinski definition) is 1. The predicted octanol–water partition coefficient (Wildman–Crippen LogP) is 3.83. The minimum atomic E-state index is -1.11. The van der Waals surface area contributed by atoms with Crippen LogP contribution in [0.4, 0.5) is 11.4 Å². The molecule has 1 amide bonds. The van der Waals surface area contributed by atoms with Crippen LogP contribution in [0.25, 0.3) is 0 Å². The molecule has 2 aromatic rings. The standard InChI is InChI=1S/C17H15BrN2O2/c1-11(21)17(2)19-15-6-4-3-5-14(15)16(22)20(17)13-9-7-12(18)8-10-13/h3-10,19H,1-2H3. The molecular weight excluding hydrogens is 344 g/mol. The van der Waals surface area contributed by atoms with E-state index in [0.717, 1.165) is 4.47 Å². The smallest absolute Gasteiger partial charge is 0.262 e. The molecule has 3 rings (SSSR count). The Kier molecular flexibility index (Phi) is 3.53. The third-order valence-electron chi connectivity index (χ3n) is 3.96. The molecule has 1 aliphatic rings. The number of benzene rings is 2.